The van der Waals surface area contributed by atoms with Gasteiger partial charge in [0.25, 0.3) is 11.8 Å². The van der Waals surface area contributed by atoms with Gasteiger partial charge >= 0.3 is 6.18 Å². The summed E-state index contributed by atoms with van der Waals surface area (Å²) in [6.07, 6.45) is -3.16. The Hall–Kier alpha value is -3.40. The molecule has 3 aromatic rings. The predicted molar refractivity (Wildman–Crippen MR) is 115 cm³/mol. The fraction of sp³-hybridized carbons (Fsp3) is 0.273. The fourth-order valence-electron chi connectivity index (χ4n) is 3.97. The third-order valence-electron chi connectivity index (χ3n) is 5.62. The largest absolute Gasteiger partial charge is 0.416 e. The maximum Gasteiger partial charge on any atom is 0.416 e. The van der Waals surface area contributed by atoms with Gasteiger partial charge in [0.15, 0.2) is 0 Å². The van der Waals surface area contributed by atoms with E-state index in [9.17, 15) is 18.0 Å². The third kappa shape index (κ3) is 4.18. The van der Waals surface area contributed by atoms with Crippen LogP contribution in [-0.2, 0) is 11.0 Å². The van der Waals surface area contributed by atoms with Crippen LogP contribution in [0.25, 0.3) is 11.5 Å². The van der Waals surface area contributed by atoms with E-state index >= 15 is 0 Å². The Morgan fingerprint density at radius 3 is 2.36 bits per heavy atom. The van der Waals surface area contributed by atoms with Crippen molar-refractivity contribution < 1.29 is 22.5 Å². The van der Waals surface area contributed by atoms with Gasteiger partial charge in [-0.25, -0.2) is 5.01 Å². The van der Waals surface area contributed by atoms with Crippen molar-refractivity contribution in [1.29, 1.82) is 0 Å². The van der Waals surface area contributed by atoms with Gasteiger partial charge in [0.1, 0.15) is 0 Å². The molecular weight excluding hydrogens is 459 g/mol. The van der Waals surface area contributed by atoms with E-state index in [4.69, 9.17) is 16.1 Å². The highest BCUT2D eigenvalue weighted by Crippen LogP contribution is 2.32. The van der Waals surface area contributed by atoms with E-state index in [1.807, 2.05) is 12.1 Å². The number of hydrazone groups is 1. The maximum atomic E-state index is 12.8. The summed E-state index contributed by atoms with van der Waals surface area (Å²) in [5.41, 5.74) is 1.09. The van der Waals surface area contributed by atoms with Crippen molar-refractivity contribution in [2.24, 2.45) is 5.10 Å². The average molecular weight is 476 g/mol. The lowest BCUT2D eigenvalue weighted by Gasteiger charge is -2.25. The summed E-state index contributed by atoms with van der Waals surface area (Å²) in [5, 5.41) is 10.7. The number of alkyl halides is 3. The molecule has 0 saturated carbocycles. The predicted octanol–water partition coefficient (Wildman–Crippen LogP) is 4.62. The molecule has 2 aliphatic heterocycles. The molecule has 0 radical (unpaired) electrons. The molecule has 0 aliphatic carbocycles. The van der Waals surface area contributed by atoms with Crippen molar-refractivity contribution in [2.45, 2.75) is 25.1 Å². The summed E-state index contributed by atoms with van der Waals surface area (Å²) in [5.74, 6) is 0.287. The Morgan fingerprint density at radius 2 is 1.73 bits per heavy atom. The highest BCUT2D eigenvalue weighted by Gasteiger charge is 2.39. The van der Waals surface area contributed by atoms with Gasteiger partial charge in [-0.05, 0) is 48.0 Å². The van der Waals surface area contributed by atoms with Gasteiger partial charge in [-0.15, -0.1) is 0 Å². The standard InChI is InChI=1S/C22H17ClF3N5O2/c23-16-9-5-13(6-10-16)19-17(30-11-1-2-18(30)32)12-31(28-19)21-27-20(33-29-21)14-3-7-15(8-4-14)22(24,25)26/h3-10,17H,1-2,11-12H2. The molecule has 2 aromatic carbocycles. The molecule has 0 N–H and O–H groups in total. The molecule has 3 heterocycles. The molecule has 0 spiro atoms. The summed E-state index contributed by atoms with van der Waals surface area (Å²) in [4.78, 5) is 18.5. The van der Waals surface area contributed by atoms with Gasteiger partial charge < -0.3 is 9.42 Å². The van der Waals surface area contributed by atoms with Crippen LogP contribution in [0.15, 0.2) is 58.2 Å². The van der Waals surface area contributed by atoms with E-state index in [2.05, 4.69) is 15.2 Å². The normalized spacial score (nSPS) is 18.8. The summed E-state index contributed by atoms with van der Waals surface area (Å²) >= 11 is 6.02. The van der Waals surface area contributed by atoms with Crippen LogP contribution in [0.5, 0.6) is 0 Å². The van der Waals surface area contributed by atoms with Gasteiger partial charge in [-0.1, -0.05) is 23.7 Å². The van der Waals surface area contributed by atoms with Crippen LogP contribution in [0.4, 0.5) is 19.1 Å². The Kier molecular flexibility index (Phi) is 5.32. The van der Waals surface area contributed by atoms with E-state index in [0.717, 1.165) is 24.1 Å². The molecule has 5 rings (SSSR count). The van der Waals surface area contributed by atoms with Gasteiger partial charge in [0, 0.05) is 29.1 Å². The minimum Gasteiger partial charge on any atom is -0.332 e. The minimum absolute atomic E-state index is 0.0575. The van der Waals surface area contributed by atoms with E-state index in [0.29, 0.717) is 35.8 Å². The van der Waals surface area contributed by atoms with E-state index in [1.165, 1.54) is 17.1 Å². The van der Waals surface area contributed by atoms with Crippen molar-refractivity contribution >= 4 is 29.2 Å². The molecule has 1 atom stereocenters. The Balaban J connectivity index is 1.44. The SMILES string of the molecule is O=C1CCCN1C1CN(c2noc(-c3ccc(C(F)(F)F)cc3)n2)N=C1c1ccc(Cl)cc1. The minimum atomic E-state index is -4.43. The second kappa shape index (κ2) is 8.18. The zero-order valence-electron chi connectivity index (χ0n) is 17.1. The second-order valence-electron chi connectivity index (χ2n) is 7.76. The summed E-state index contributed by atoms with van der Waals surface area (Å²) < 4.78 is 43.7. The van der Waals surface area contributed by atoms with Crippen molar-refractivity contribution in [3.05, 3.63) is 64.7 Å². The van der Waals surface area contributed by atoms with Crippen LogP contribution in [0.2, 0.25) is 5.02 Å². The van der Waals surface area contributed by atoms with Crippen molar-refractivity contribution in [3.8, 4) is 11.5 Å². The number of halogens is 4. The number of hydrogen-bond donors (Lipinski definition) is 0. The Morgan fingerprint density at radius 1 is 1.03 bits per heavy atom. The number of amides is 1. The number of anilines is 1. The zero-order chi connectivity index (χ0) is 23.2. The summed E-state index contributed by atoms with van der Waals surface area (Å²) in [6, 6.07) is 11.3. The molecule has 1 unspecified atom stereocenters. The van der Waals surface area contributed by atoms with Crippen LogP contribution >= 0.6 is 11.6 Å². The topological polar surface area (TPSA) is 74.8 Å². The molecule has 1 saturated heterocycles. The van der Waals surface area contributed by atoms with Gasteiger partial charge in [0.05, 0.1) is 23.9 Å². The molecule has 33 heavy (non-hydrogen) atoms. The van der Waals surface area contributed by atoms with E-state index in [1.54, 1.807) is 17.0 Å². The first kappa shape index (κ1) is 21.4. The molecule has 1 fully saturated rings. The van der Waals surface area contributed by atoms with E-state index in [-0.39, 0.29) is 23.8 Å². The third-order valence-corrected chi connectivity index (χ3v) is 5.87. The molecule has 1 amide bonds. The maximum absolute atomic E-state index is 12.8. The fourth-order valence-corrected chi connectivity index (χ4v) is 4.10. The number of carbonyl (C=O) groups is 1. The number of nitrogens with zero attached hydrogens (tertiary/aromatic N) is 5. The Bertz CT molecular complexity index is 1210. The smallest absolute Gasteiger partial charge is 0.332 e. The summed E-state index contributed by atoms with van der Waals surface area (Å²) in [6.45, 7) is 0.961. The van der Waals surface area contributed by atoms with Crippen LogP contribution in [0, 0.1) is 0 Å². The lowest BCUT2D eigenvalue weighted by molar-refractivity contribution is -0.137. The highest BCUT2D eigenvalue weighted by molar-refractivity contribution is 6.30. The van der Waals surface area contributed by atoms with E-state index < -0.39 is 11.7 Å². The highest BCUT2D eigenvalue weighted by atomic mass is 35.5. The Labute approximate surface area is 191 Å². The number of hydrogen-bond acceptors (Lipinski definition) is 6. The van der Waals surface area contributed by atoms with Crippen LogP contribution in [0.1, 0.15) is 24.0 Å². The second-order valence-corrected chi connectivity index (χ2v) is 8.19. The van der Waals surface area contributed by atoms with Crippen molar-refractivity contribution in [1.82, 2.24) is 15.0 Å². The summed E-state index contributed by atoms with van der Waals surface area (Å²) in [7, 11) is 0. The van der Waals surface area contributed by atoms with Gasteiger partial charge in [0.2, 0.25) is 5.91 Å². The van der Waals surface area contributed by atoms with Crippen LogP contribution in [0.3, 0.4) is 0 Å². The van der Waals surface area contributed by atoms with Gasteiger partial charge in [-0.3, -0.25) is 4.79 Å². The molecule has 0 bridgehead atoms. The van der Waals surface area contributed by atoms with Crippen molar-refractivity contribution in [2.75, 3.05) is 18.1 Å². The molecule has 11 heteroatoms. The number of aromatic nitrogens is 2. The van der Waals surface area contributed by atoms with Crippen molar-refractivity contribution in [3.63, 3.8) is 0 Å². The first-order valence-corrected chi connectivity index (χ1v) is 10.6. The monoisotopic (exact) mass is 475 g/mol. The number of benzene rings is 2. The lowest BCUT2D eigenvalue weighted by atomic mass is 10.0. The first-order valence-electron chi connectivity index (χ1n) is 10.2. The van der Waals surface area contributed by atoms with Gasteiger partial charge in [-0.2, -0.15) is 23.3 Å². The molecule has 170 valence electrons. The van der Waals surface area contributed by atoms with Crippen LogP contribution in [-0.4, -0.2) is 45.8 Å². The van der Waals surface area contributed by atoms with Crippen LogP contribution < -0.4 is 5.01 Å². The molecular formula is C22H17ClF3N5O2. The molecule has 1 aromatic heterocycles. The average Bonchev–Trinajstić information content (AvgIpc) is 3.53. The molecule has 7 nitrogen and oxygen atoms in total. The first-order chi connectivity index (χ1) is 15.8. The quantitative estimate of drug-likeness (QED) is 0.550. The number of likely N-dealkylation sites (tertiary alicyclic amines) is 1. The lowest BCUT2D eigenvalue weighted by Crippen LogP contribution is -2.44. The number of rotatable bonds is 4. The zero-order valence-corrected chi connectivity index (χ0v) is 17.8. The molecule has 2 aliphatic rings. The number of carbonyl (C=O) groups excluding carboxylic acids is 1.